The van der Waals surface area contributed by atoms with Gasteiger partial charge in [0.1, 0.15) is 0 Å². The van der Waals surface area contributed by atoms with Crippen molar-refractivity contribution in [2.24, 2.45) is 4.99 Å². The molecule has 1 aliphatic heterocycles. The van der Waals surface area contributed by atoms with E-state index in [1.807, 2.05) is 0 Å². The van der Waals surface area contributed by atoms with E-state index >= 15 is 0 Å². The van der Waals surface area contributed by atoms with Crippen molar-refractivity contribution in [3.05, 3.63) is 35.9 Å². The molecule has 0 spiro atoms. The van der Waals surface area contributed by atoms with Crippen LogP contribution in [0.5, 0.6) is 0 Å². The Balaban J connectivity index is 2.00. The van der Waals surface area contributed by atoms with E-state index in [0.717, 1.165) is 64.6 Å². The van der Waals surface area contributed by atoms with Crippen LogP contribution in [0.4, 0.5) is 0 Å². The van der Waals surface area contributed by atoms with Gasteiger partial charge in [-0.05, 0) is 39.3 Å². The van der Waals surface area contributed by atoms with Crippen LogP contribution in [0.2, 0.25) is 0 Å². The van der Waals surface area contributed by atoms with Gasteiger partial charge < -0.3 is 15.5 Å². The fourth-order valence-electron chi connectivity index (χ4n) is 3.97. The molecule has 1 unspecified atom stereocenters. The molecular formula is C23H41N5. The zero-order valence-corrected chi connectivity index (χ0v) is 18.7. The van der Waals surface area contributed by atoms with Gasteiger partial charge in [0.15, 0.2) is 5.96 Å². The Bertz CT molecular complexity index is 574. The van der Waals surface area contributed by atoms with Crippen molar-refractivity contribution in [3.63, 3.8) is 0 Å². The topological polar surface area (TPSA) is 42.9 Å². The highest BCUT2D eigenvalue weighted by molar-refractivity contribution is 5.79. The van der Waals surface area contributed by atoms with Gasteiger partial charge in [-0.3, -0.25) is 9.89 Å². The third kappa shape index (κ3) is 6.21. The molecule has 0 saturated carbocycles. The average Bonchev–Trinajstić information content (AvgIpc) is 2.74. The van der Waals surface area contributed by atoms with Crippen LogP contribution in [-0.2, 0) is 5.41 Å². The number of rotatable bonds is 9. The van der Waals surface area contributed by atoms with Crippen LogP contribution in [0, 0.1) is 0 Å². The molecule has 1 aromatic carbocycles. The zero-order valence-electron chi connectivity index (χ0n) is 18.7. The van der Waals surface area contributed by atoms with Crippen LogP contribution in [0.3, 0.4) is 0 Å². The van der Waals surface area contributed by atoms with E-state index in [2.05, 4.69) is 85.5 Å². The first kappa shape index (κ1) is 22.7. The third-order valence-corrected chi connectivity index (χ3v) is 6.35. The largest absolute Gasteiger partial charge is 0.357 e. The van der Waals surface area contributed by atoms with E-state index < -0.39 is 0 Å². The Morgan fingerprint density at radius 2 is 1.68 bits per heavy atom. The Labute approximate surface area is 172 Å². The molecule has 2 rings (SSSR count). The summed E-state index contributed by atoms with van der Waals surface area (Å²) in [5.41, 5.74) is 1.50. The molecule has 2 N–H and O–H groups in total. The van der Waals surface area contributed by atoms with Gasteiger partial charge in [0.2, 0.25) is 0 Å². The minimum atomic E-state index is 0.104. The minimum Gasteiger partial charge on any atom is -0.357 e. The van der Waals surface area contributed by atoms with Crippen molar-refractivity contribution in [2.45, 2.75) is 52.0 Å². The summed E-state index contributed by atoms with van der Waals surface area (Å²) >= 11 is 0. The third-order valence-electron chi connectivity index (χ3n) is 6.35. The SMILES string of the molecule is CCNC(=NCC(CC)(CC)c1ccccc1)NCC(C)N1CCN(C)CC1. The lowest BCUT2D eigenvalue weighted by molar-refractivity contribution is 0.120. The van der Waals surface area contributed by atoms with Gasteiger partial charge in [-0.1, -0.05) is 44.2 Å². The maximum absolute atomic E-state index is 5.00. The maximum Gasteiger partial charge on any atom is 0.191 e. The van der Waals surface area contributed by atoms with Gasteiger partial charge in [0, 0.05) is 50.7 Å². The molecule has 1 fully saturated rings. The second-order valence-electron chi connectivity index (χ2n) is 8.12. The Morgan fingerprint density at radius 3 is 2.25 bits per heavy atom. The highest BCUT2D eigenvalue weighted by Gasteiger charge is 2.28. The number of guanidine groups is 1. The van der Waals surface area contributed by atoms with E-state index in [1.165, 1.54) is 5.56 Å². The standard InChI is InChI=1S/C23H41N5/c1-6-23(7-2,21-12-10-9-11-13-21)19-26-22(24-8-3)25-18-20(4)28-16-14-27(5)15-17-28/h9-13,20H,6-8,14-19H2,1-5H3,(H2,24,25,26). The highest BCUT2D eigenvalue weighted by Crippen LogP contribution is 2.31. The summed E-state index contributed by atoms with van der Waals surface area (Å²) in [5.74, 6) is 0.936. The van der Waals surface area contributed by atoms with Gasteiger partial charge in [-0.25, -0.2) is 0 Å². The van der Waals surface area contributed by atoms with E-state index in [9.17, 15) is 0 Å². The molecule has 0 amide bonds. The first-order valence-electron chi connectivity index (χ1n) is 11.0. The smallest absolute Gasteiger partial charge is 0.191 e. The molecule has 0 aliphatic carbocycles. The number of piperazine rings is 1. The summed E-state index contributed by atoms with van der Waals surface area (Å²) in [5, 5.41) is 7.02. The predicted molar refractivity (Wildman–Crippen MR) is 121 cm³/mol. The number of nitrogens with zero attached hydrogens (tertiary/aromatic N) is 3. The lowest BCUT2D eigenvalue weighted by Gasteiger charge is -2.36. The van der Waals surface area contributed by atoms with E-state index in [1.54, 1.807) is 0 Å². The molecule has 158 valence electrons. The molecule has 5 heteroatoms. The van der Waals surface area contributed by atoms with Gasteiger partial charge in [-0.2, -0.15) is 0 Å². The molecule has 1 atom stereocenters. The van der Waals surface area contributed by atoms with Crippen molar-refractivity contribution in [1.82, 2.24) is 20.4 Å². The Kier molecular flexibility index (Phi) is 9.26. The Morgan fingerprint density at radius 1 is 1.04 bits per heavy atom. The van der Waals surface area contributed by atoms with Crippen molar-refractivity contribution in [1.29, 1.82) is 0 Å². The molecule has 1 aromatic rings. The summed E-state index contributed by atoms with van der Waals surface area (Å²) < 4.78 is 0. The van der Waals surface area contributed by atoms with Gasteiger partial charge in [0.05, 0.1) is 6.54 Å². The molecular weight excluding hydrogens is 346 g/mol. The van der Waals surface area contributed by atoms with Gasteiger partial charge >= 0.3 is 0 Å². The highest BCUT2D eigenvalue weighted by atomic mass is 15.3. The number of nitrogens with one attached hydrogen (secondary N) is 2. The fraction of sp³-hybridized carbons (Fsp3) is 0.696. The molecule has 1 heterocycles. The second kappa shape index (κ2) is 11.4. The molecule has 1 aliphatic rings. The number of aliphatic imine (C=N–C) groups is 1. The van der Waals surface area contributed by atoms with E-state index in [4.69, 9.17) is 4.99 Å². The summed E-state index contributed by atoms with van der Waals surface area (Å²) in [7, 11) is 2.20. The summed E-state index contributed by atoms with van der Waals surface area (Å²) in [6.45, 7) is 16.2. The monoisotopic (exact) mass is 387 g/mol. The molecule has 0 radical (unpaired) electrons. The summed E-state index contributed by atoms with van der Waals surface area (Å²) in [4.78, 5) is 9.98. The van der Waals surface area contributed by atoms with Crippen LogP contribution in [0.15, 0.2) is 35.3 Å². The number of hydrogen-bond acceptors (Lipinski definition) is 3. The zero-order chi connectivity index (χ0) is 20.4. The molecule has 1 saturated heterocycles. The molecule has 0 bridgehead atoms. The number of benzene rings is 1. The first-order valence-corrected chi connectivity index (χ1v) is 11.0. The normalized spacial score (nSPS) is 18.1. The van der Waals surface area contributed by atoms with Crippen LogP contribution in [-0.4, -0.2) is 74.7 Å². The van der Waals surface area contributed by atoms with Crippen molar-refractivity contribution in [2.75, 3.05) is 52.9 Å². The van der Waals surface area contributed by atoms with Crippen LogP contribution < -0.4 is 10.6 Å². The fourth-order valence-corrected chi connectivity index (χ4v) is 3.97. The van der Waals surface area contributed by atoms with Crippen molar-refractivity contribution >= 4 is 5.96 Å². The molecule has 5 nitrogen and oxygen atoms in total. The second-order valence-corrected chi connectivity index (χ2v) is 8.12. The molecule has 0 aromatic heterocycles. The summed E-state index contributed by atoms with van der Waals surface area (Å²) in [6.07, 6.45) is 2.18. The number of likely N-dealkylation sites (N-methyl/N-ethyl adjacent to an activating group) is 1. The number of hydrogen-bond donors (Lipinski definition) is 2. The quantitative estimate of drug-likeness (QED) is 0.505. The van der Waals surface area contributed by atoms with E-state index in [-0.39, 0.29) is 5.41 Å². The lowest BCUT2D eigenvalue weighted by atomic mass is 9.76. The predicted octanol–water partition coefficient (Wildman–Crippen LogP) is 2.94. The molecule has 28 heavy (non-hydrogen) atoms. The summed E-state index contributed by atoms with van der Waals surface area (Å²) in [6, 6.07) is 11.4. The lowest BCUT2D eigenvalue weighted by Crippen LogP contribution is -2.52. The maximum atomic E-state index is 5.00. The van der Waals surface area contributed by atoms with Gasteiger partial charge in [-0.15, -0.1) is 0 Å². The first-order chi connectivity index (χ1) is 13.5. The van der Waals surface area contributed by atoms with Crippen LogP contribution in [0.25, 0.3) is 0 Å². The van der Waals surface area contributed by atoms with Crippen molar-refractivity contribution in [3.8, 4) is 0 Å². The van der Waals surface area contributed by atoms with Gasteiger partial charge in [0.25, 0.3) is 0 Å². The minimum absolute atomic E-state index is 0.104. The van der Waals surface area contributed by atoms with Crippen molar-refractivity contribution < 1.29 is 0 Å². The van der Waals surface area contributed by atoms with E-state index in [0.29, 0.717) is 6.04 Å². The Hall–Kier alpha value is -1.59. The average molecular weight is 388 g/mol. The van der Waals surface area contributed by atoms with Crippen LogP contribution in [0.1, 0.15) is 46.1 Å². The van der Waals surface area contributed by atoms with Crippen LogP contribution >= 0.6 is 0 Å².